The summed E-state index contributed by atoms with van der Waals surface area (Å²) >= 11 is 7.07. The van der Waals surface area contributed by atoms with Gasteiger partial charge in [-0.25, -0.2) is 4.39 Å². The molecule has 3 aromatic rings. The maximum Gasteiger partial charge on any atom is 0.251 e. The first-order valence-electron chi connectivity index (χ1n) is 10.1. The van der Waals surface area contributed by atoms with Crippen LogP contribution in [0.5, 0.6) is 0 Å². The highest BCUT2D eigenvalue weighted by Gasteiger charge is 2.20. The van der Waals surface area contributed by atoms with E-state index in [-0.39, 0.29) is 17.6 Å². The number of nitrogens with one attached hydrogen (secondary N) is 2. The number of carbonyl (C=O) groups is 2. The van der Waals surface area contributed by atoms with Crippen molar-refractivity contribution in [2.24, 2.45) is 0 Å². The molecule has 0 spiro atoms. The van der Waals surface area contributed by atoms with Crippen molar-refractivity contribution in [1.82, 2.24) is 20.1 Å². The fourth-order valence-electron chi connectivity index (χ4n) is 3.02. The Hall–Kier alpha value is -3.17. The lowest BCUT2D eigenvalue weighted by Crippen LogP contribution is -2.28. The van der Waals surface area contributed by atoms with E-state index in [9.17, 15) is 14.0 Å². The van der Waals surface area contributed by atoms with Crippen molar-refractivity contribution in [2.45, 2.75) is 31.6 Å². The molecule has 0 saturated carbocycles. The van der Waals surface area contributed by atoms with E-state index in [0.717, 1.165) is 5.56 Å². The summed E-state index contributed by atoms with van der Waals surface area (Å²) in [5.74, 6) is -0.412. The molecule has 1 aromatic heterocycles. The number of amides is 2. The Morgan fingerprint density at radius 1 is 1.24 bits per heavy atom. The highest BCUT2D eigenvalue weighted by Crippen LogP contribution is 2.22. The van der Waals surface area contributed by atoms with Crippen LogP contribution in [0.3, 0.4) is 0 Å². The molecule has 172 valence electrons. The Labute approximate surface area is 200 Å². The lowest BCUT2D eigenvalue weighted by atomic mass is 10.2. The lowest BCUT2D eigenvalue weighted by Gasteiger charge is -2.15. The second kappa shape index (κ2) is 11.1. The normalized spacial score (nSPS) is 11.6. The van der Waals surface area contributed by atoms with Crippen molar-refractivity contribution in [1.29, 1.82) is 0 Å². The topological polar surface area (TPSA) is 88.9 Å². The summed E-state index contributed by atoms with van der Waals surface area (Å²) in [5, 5.41) is 15.0. The zero-order valence-electron chi connectivity index (χ0n) is 18.1. The third-order valence-corrected chi connectivity index (χ3v) is 5.92. The van der Waals surface area contributed by atoms with Crippen LogP contribution in [0, 0.1) is 12.7 Å². The summed E-state index contributed by atoms with van der Waals surface area (Å²) in [7, 11) is 0. The van der Waals surface area contributed by atoms with Crippen molar-refractivity contribution in [3.8, 4) is 0 Å². The summed E-state index contributed by atoms with van der Waals surface area (Å²) in [6.07, 6.45) is 1.68. The van der Waals surface area contributed by atoms with E-state index in [0.29, 0.717) is 33.8 Å². The monoisotopic (exact) mass is 487 g/mol. The molecule has 0 bridgehead atoms. The number of hydrogen-bond donors (Lipinski definition) is 2. The van der Waals surface area contributed by atoms with Crippen LogP contribution in [-0.2, 0) is 11.3 Å². The maximum atomic E-state index is 13.5. The van der Waals surface area contributed by atoms with Gasteiger partial charge in [-0.1, -0.05) is 35.5 Å². The fraction of sp³-hybridized carbons (Fsp3) is 0.217. The van der Waals surface area contributed by atoms with Crippen LogP contribution in [0.15, 0.2) is 60.3 Å². The zero-order chi connectivity index (χ0) is 24.0. The predicted molar refractivity (Wildman–Crippen MR) is 128 cm³/mol. The largest absolute Gasteiger partial charge is 0.342 e. The Kier molecular flexibility index (Phi) is 8.24. The van der Waals surface area contributed by atoms with Gasteiger partial charge in [-0.15, -0.1) is 16.8 Å². The molecule has 0 aliphatic rings. The number of halogens is 2. The van der Waals surface area contributed by atoms with Crippen molar-refractivity contribution < 1.29 is 14.0 Å². The molecule has 3 rings (SSSR count). The second-order valence-corrected chi connectivity index (χ2v) is 8.62. The van der Waals surface area contributed by atoms with E-state index in [1.54, 1.807) is 54.8 Å². The molecular formula is C23H23ClFN5O2S. The molecule has 0 aliphatic carbocycles. The van der Waals surface area contributed by atoms with Gasteiger partial charge in [0, 0.05) is 22.8 Å². The van der Waals surface area contributed by atoms with Crippen LogP contribution < -0.4 is 10.6 Å². The number of rotatable bonds is 9. The Bertz CT molecular complexity index is 1170. The second-order valence-electron chi connectivity index (χ2n) is 7.24. The highest BCUT2D eigenvalue weighted by atomic mass is 35.5. The first kappa shape index (κ1) is 24.5. The smallest absolute Gasteiger partial charge is 0.251 e. The molecule has 2 N–H and O–H groups in total. The van der Waals surface area contributed by atoms with Crippen LogP contribution in [0.1, 0.15) is 34.7 Å². The number of hydrogen-bond acceptors (Lipinski definition) is 5. The van der Waals surface area contributed by atoms with Gasteiger partial charge < -0.3 is 15.2 Å². The zero-order valence-corrected chi connectivity index (χ0v) is 19.7. The minimum Gasteiger partial charge on any atom is -0.342 e. The molecule has 2 amide bonds. The highest BCUT2D eigenvalue weighted by molar-refractivity contribution is 7.99. The molecule has 2 aromatic carbocycles. The van der Waals surface area contributed by atoms with Gasteiger partial charge in [0.15, 0.2) is 11.0 Å². The number of aryl methyl sites for hydroxylation is 1. The number of nitrogens with zero attached hydrogens (tertiary/aromatic N) is 3. The SMILES string of the molecule is C=CCn1c(SCC(=O)Nc2cc(F)ccc2C)nnc1[C@@H](C)NC(=O)c1ccc(Cl)cc1. The molecule has 1 atom stereocenters. The molecule has 1 heterocycles. The molecule has 7 nitrogen and oxygen atoms in total. The molecule has 33 heavy (non-hydrogen) atoms. The Morgan fingerprint density at radius 3 is 2.67 bits per heavy atom. The maximum absolute atomic E-state index is 13.5. The van der Waals surface area contributed by atoms with Gasteiger partial charge in [0.25, 0.3) is 5.91 Å². The molecule has 0 unspecified atom stereocenters. The van der Waals surface area contributed by atoms with Gasteiger partial charge in [-0.05, 0) is 55.8 Å². The molecular weight excluding hydrogens is 465 g/mol. The van der Waals surface area contributed by atoms with E-state index in [4.69, 9.17) is 11.6 Å². The van der Waals surface area contributed by atoms with Gasteiger partial charge in [0.1, 0.15) is 5.82 Å². The van der Waals surface area contributed by atoms with E-state index < -0.39 is 11.9 Å². The number of benzene rings is 2. The van der Waals surface area contributed by atoms with Crippen molar-refractivity contribution in [2.75, 3.05) is 11.1 Å². The average Bonchev–Trinajstić information content (AvgIpc) is 3.18. The van der Waals surface area contributed by atoms with Gasteiger partial charge in [0.05, 0.1) is 11.8 Å². The van der Waals surface area contributed by atoms with Crippen LogP contribution in [0.2, 0.25) is 5.02 Å². The summed E-state index contributed by atoms with van der Waals surface area (Å²) in [6.45, 7) is 7.75. The third-order valence-electron chi connectivity index (χ3n) is 4.70. The minimum absolute atomic E-state index is 0.0523. The Morgan fingerprint density at radius 2 is 1.97 bits per heavy atom. The predicted octanol–water partition coefficient (Wildman–Crippen LogP) is 4.79. The average molecular weight is 488 g/mol. The number of thioether (sulfide) groups is 1. The summed E-state index contributed by atoms with van der Waals surface area (Å²) in [5.41, 5.74) is 1.66. The van der Waals surface area contributed by atoms with Crippen molar-refractivity contribution >= 4 is 40.9 Å². The molecule has 10 heteroatoms. The molecule has 0 radical (unpaired) electrons. The fourth-order valence-corrected chi connectivity index (χ4v) is 3.90. The number of aromatic nitrogens is 3. The summed E-state index contributed by atoms with van der Waals surface area (Å²) < 4.78 is 15.2. The number of anilines is 1. The van der Waals surface area contributed by atoms with E-state index in [1.807, 2.05) is 0 Å². The third kappa shape index (κ3) is 6.43. The van der Waals surface area contributed by atoms with Crippen LogP contribution in [0.25, 0.3) is 0 Å². The van der Waals surface area contributed by atoms with Gasteiger partial charge in [-0.3, -0.25) is 9.59 Å². The molecule has 0 aliphatic heterocycles. The number of carbonyl (C=O) groups excluding carboxylic acids is 2. The number of allylic oxidation sites excluding steroid dienone is 1. The first-order chi connectivity index (χ1) is 15.8. The van der Waals surface area contributed by atoms with E-state index in [1.165, 1.54) is 23.9 Å². The van der Waals surface area contributed by atoms with Gasteiger partial charge in [-0.2, -0.15) is 0 Å². The van der Waals surface area contributed by atoms with Crippen molar-refractivity contribution in [3.05, 3.63) is 82.9 Å². The van der Waals surface area contributed by atoms with E-state index in [2.05, 4.69) is 27.4 Å². The summed E-state index contributed by atoms with van der Waals surface area (Å²) in [4.78, 5) is 24.9. The van der Waals surface area contributed by atoms with Crippen LogP contribution in [0.4, 0.5) is 10.1 Å². The summed E-state index contributed by atoms with van der Waals surface area (Å²) in [6, 6.07) is 10.3. The molecule has 0 saturated heterocycles. The van der Waals surface area contributed by atoms with Gasteiger partial charge >= 0.3 is 0 Å². The Balaban J connectivity index is 1.67. The quantitative estimate of drug-likeness (QED) is 0.335. The standard InChI is InChI=1S/C23H23ClFN5O2S/c1-4-11-30-21(15(3)26-22(32)16-6-8-17(24)9-7-16)28-29-23(30)33-13-20(31)27-19-12-18(25)10-5-14(19)2/h4-10,12,15H,1,11,13H2,2-3H3,(H,26,32)(H,27,31)/t15-/m1/s1. The van der Waals surface area contributed by atoms with Crippen molar-refractivity contribution in [3.63, 3.8) is 0 Å². The van der Waals surface area contributed by atoms with E-state index >= 15 is 0 Å². The van der Waals surface area contributed by atoms with Crippen LogP contribution in [-0.4, -0.2) is 32.3 Å². The minimum atomic E-state index is -0.446. The van der Waals surface area contributed by atoms with Gasteiger partial charge in [0.2, 0.25) is 5.91 Å². The lowest BCUT2D eigenvalue weighted by molar-refractivity contribution is -0.113. The first-order valence-corrected chi connectivity index (χ1v) is 11.4. The molecule has 0 fully saturated rings. The van der Waals surface area contributed by atoms with Crippen LogP contribution >= 0.6 is 23.4 Å².